The van der Waals surface area contributed by atoms with E-state index in [1.54, 1.807) is 11.8 Å². The minimum atomic E-state index is -0.444. The number of nitrogens with zero attached hydrogens (tertiary/aromatic N) is 3. The largest absolute Gasteiger partial charge is 0.496 e. The number of aromatic nitrogens is 3. The van der Waals surface area contributed by atoms with Crippen molar-refractivity contribution in [3.63, 3.8) is 0 Å². The zero-order chi connectivity index (χ0) is 20.7. The second kappa shape index (κ2) is 7.31. The van der Waals surface area contributed by atoms with E-state index in [9.17, 15) is 10.1 Å². The summed E-state index contributed by atoms with van der Waals surface area (Å²) in [7, 11) is 1.62. The number of hydrogen-bond acceptors (Lipinski definition) is 5. The highest BCUT2D eigenvalue weighted by atomic mass is 16.6. The number of rotatable bonds is 5. The van der Waals surface area contributed by atoms with E-state index in [0.717, 1.165) is 35.4 Å². The molecule has 30 heavy (non-hydrogen) atoms. The van der Waals surface area contributed by atoms with Crippen molar-refractivity contribution in [2.24, 2.45) is 0 Å². The normalized spacial score (nSPS) is 15.8. The van der Waals surface area contributed by atoms with Gasteiger partial charge in [-0.2, -0.15) is 5.10 Å². The highest BCUT2D eigenvalue weighted by Gasteiger charge is 2.25. The van der Waals surface area contributed by atoms with Crippen molar-refractivity contribution in [2.45, 2.75) is 19.0 Å². The average Bonchev–Trinajstić information content (AvgIpc) is 3.38. The molecule has 8 heteroatoms. The lowest BCUT2D eigenvalue weighted by Gasteiger charge is -2.25. The Hall–Kier alpha value is -3.65. The number of nitro groups is 1. The fourth-order valence-corrected chi connectivity index (χ4v) is 4.27. The number of aromatic amines is 1. The molecule has 3 heterocycles. The van der Waals surface area contributed by atoms with Crippen molar-refractivity contribution < 1.29 is 9.66 Å². The van der Waals surface area contributed by atoms with Crippen LogP contribution in [-0.2, 0) is 13.0 Å². The van der Waals surface area contributed by atoms with Gasteiger partial charge in [-0.15, -0.1) is 0 Å². The Kier molecular flexibility index (Phi) is 4.48. The summed E-state index contributed by atoms with van der Waals surface area (Å²) in [5, 5.41) is 20.0. The average molecular weight is 403 g/mol. The molecule has 1 aliphatic heterocycles. The van der Waals surface area contributed by atoms with Crippen LogP contribution in [0, 0.1) is 10.1 Å². The van der Waals surface area contributed by atoms with Crippen molar-refractivity contribution in [2.75, 3.05) is 13.7 Å². The second-order valence-electron chi connectivity index (χ2n) is 7.42. The number of H-pyrrole nitrogens is 1. The predicted octanol–water partition coefficient (Wildman–Crippen LogP) is 3.56. The van der Waals surface area contributed by atoms with Gasteiger partial charge in [-0.1, -0.05) is 24.3 Å². The Morgan fingerprint density at radius 1 is 1.30 bits per heavy atom. The van der Waals surface area contributed by atoms with Crippen molar-refractivity contribution in [1.82, 2.24) is 20.1 Å². The number of fused-ring (bicyclic) bond motifs is 3. The third kappa shape index (κ3) is 3.11. The maximum Gasteiger partial charge on any atom is 0.307 e. The number of ether oxygens (including phenoxy) is 1. The van der Waals surface area contributed by atoms with E-state index in [1.807, 2.05) is 12.1 Å². The van der Waals surface area contributed by atoms with Crippen molar-refractivity contribution >= 4 is 16.6 Å². The minimum Gasteiger partial charge on any atom is -0.496 e. The lowest BCUT2D eigenvalue weighted by molar-refractivity contribution is -0.385. The fourth-order valence-electron chi connectivity index (χ4n) is 4.27. The van der Waals surface area contributed by atoms with Crippen LogP contribution in [-0.4, -0.2) is 33.3 Å². The molecule has 4 aromatic rings. The summed E-state index contributed by atoms with van der Waals surface area (Å²) >= 11 is 0. The molecule has 2 aromatic carbocycles. The van der Waals surface area contributed by atoms with Crippen LogP contribution in [0.15, 0.2) is 54.9 Å². The van der Waals surface area contributed by atoms with Gasteiger partial charge < -0.3 is 15.0 Å². The van der Waals surface area contributed by atoms with Crippen LogP contribution in [0.5, 0.6) is 5.75 Å². The molecule has 0 aliphatic carbocycles. The molecular formula is C22H21N5O3. The van der Waals surface area contributed by atoms with Crippen LogP contribution >= 0.6 is 0 Å². The SMILES string of the molecule is COc1ccc([C@H]2NCCc3c2[nH]c2ccccc32)cc1Cn1cc([N+](=O)[O-])cn1. The molecule has 0 saturated carbocycles. The summed E-state index contributed by atoms with van der Waals surface area (Å²) in [5.74, 6) is 0.726. The number of nitrogens with one attached hydrogen (secondary N) is 2. The van der Waals surface area contributed by atoms with Crippen molar-refractivity contribution in [1.29, 1.82) is 0 Å². The van der Waals surface area contributed by atoms with Gasteiger partial charge in [0.1, 0.15) is 18.1 Å². The molecule has 0 radical (unpaired) electrons. The number of para-hydroxylation sites is 1. The van der Waals surface area contributed by atoms with Crippen LogP contribution in [0.3, 0.4) is 0 Å². The predicted molar refractivity (Wildman–Crippen MR) is 113 cm³/mol. The highest BCUT2D eigenvalue weighted by molar-refractivity contribution is 5.85. The quantitative estimate of drug-likeness (QED) is 0.392. The van der Waals surface area contributed by atoms with Crippen LogP contribution in [0.4, 0.5) is 5.69 Å². The van der Waals surface area contributed by atoms with E-state index < -0.39 is 4.92 Å². The van der Waals surface area contributed by atoms with E-state index in [2.05, 4.69) is 45.7 Å². The van der Waals surface area contributed by atoms with Gasteiger partial charge in [0.05, 0.1) is 24.6 Å². The smallest absolute Gasteiger partial charge is 0.307 e. The summed E-state index contributed by atoms with van der Waals surface area (Å²) in [6.07, 6.45) is 3.67. The zero-order valence-corrected chi connectivity index (χ0v) is 16.5. The molecule has 0 spiro atoms. The van der Waals surface area contributed by atoms with E-state index in [0.29, 0.717) is 6.54 Å². The van der Waals surface area contributed by atoms with E-state index in [1.165, 1.54) is 29.0 Å². The first kappa shape index (κ1) is 18.4. The summed E-state index contributed by atoms with van der Waals surface area (Å²) in [6.45, 7) is 1.28. The summed E-state index contributed by atoms with van der Waals surface area (Å²) in [4.78, 5) is 14.1. The molecule has 5 rings (SSSR count). The zero-order valence-electron chi connectivity index (χ0n) is 16.5. The molecule has 1 aliphatic rings. The molecule has 0 bridgehead atoms. The molecule has 1 atom stereocenters. The lowest BCUT2D eigenvalue weighted by Crippen LogP contribution is -2.30. The Labute approximate surface area is 172 Å². The first-order chi connectivity index (χ1) is 14.6. The molecule has 0 fully saturated rings. The van der Waals surface area contributed by atoms with Gasteiger partial charge in [0, 0.05) is 28.7 Å². The molecule has 2 aromatic heterocycles. The molecule has 8 nitrogen and oxygen atoms in total. The van der Waals surface area contributed by atoms with Crippen LogP contribution in [0.25, 0.3) is 10.9 Å². The number of methoxy groups -OCH3 is 1. The maximum absolute atomic E-state index is 11.0. The summed E-state index contributed by atoms with van der Waals surface area (Å²) in [6, 6.07) is 14.5. The van der Waals surface area contributed by atoms with Gasteiger partial charge >= 0.3 is 5.69 Å². The first-order valence-electron chi connectivity index (χ1n) is 9.80. The Balaban J connectivity index is 1.53. The Morgan fingerprint density at radius 3 is 2.97 bits per heavy atom. The van der Waals surface area contributed by atoms with Crippen LogP contribution < -0.4 is 10.1 Å². The molecule has 0 saturated heterocycles. The number of benzene rings is 2. The molecule has 152 valence electrons. The monoisotopic (exact) mass is 403 g/mol. The molecule has 0 unspecified atom stereocenters. The summed E-state index contributed by atoms with van der Waals surface area (Å²) in [5.41, 5.74) is 5.69. The van der Waals surface area contributed by atoms with Gasteiger partial charge in [0.25, 0.3) is 0 Å². The maximum atomic E-state index is 11.0. The number of hydrogen-bond donors (Lipinski definition) is 2. The molecular weight excluding hydrogens is 382 g/mol. The van der Waals surface area contributed by atoms with Crippen molar-refractivity contribution in [3.05, 3.63) is 87.4 Å². The fraction of sp³-hybridized carbons (Fsp3) is 0.227. The third-order valence-corrected chi connectivity index (χ3v) is 5.66. The van der Waals surface area contributed by atoms with Gasteiger partial charge in [0.2, 0.25) is 0 Å². The van der Waals surface area contributed by atoms with E-state index in [4.69, 9.17) is 4.74 Å². The highest BCUT2D eigenvalue weighted by Crippen LogP contribution is 2.35. The third-order valence-electron chi connectivity index (χ3n) is 5.66. The van der Waals surface area contributed by atoms with Gasteiger partial charge in [0.15, 0.2) is 0 Å². The summed E-state index contributed by atoms with van der Waals surface area (Å²) < 4.78 is 7.09. The van der Waals surface area contributed by atoms with Gasteiger partial charge in [-0.3, -0.25) is 14.8 Å². The minimum absolute atomic E-state index is 0.0261. The standard InChI is InChI=1S/C22H21N5O3/c1-30-20-7-6-14(10-15(20)12-26-13-16(11-24-26)27(28)29)21-22-18(8-9-23-21)17-4-2-3-5-19(17)25-22/h2-7,10-11,13,21,23,25H,8-9,12H2,1H3/t21-/m1/s1. The molecule has 0 amide bonds. The Bertz CT molecular complexity index is 1240. The first-order valence-corrected chi connectivity index (χ1v) is 9.80. The van der Waals surface area contributed by atoms with E-state index in [-0.39, 0.29) is 11.7 Å². The van der Waals surface area contributed by atoms with Gasteiger partial charge in [-0.25, -0.2) is 0 Å². The van der Waals surface area contributed by atoms with Gasteiger partial charge in [-0.05, 0) is 35.7 Å². The van der Waals surface area contributed by atoms with Crippen LogP contribution in [0.1, 0.15) is 28.4 Å². The van der Waals surface area contributed by atoms with Crippen molar-refractivity contribution in [3.8, 4) is 5.75 Å². The van der Waals surface area contributed by atoms with Crippen LogP contribution in [0.2, 0.25) is 0 Å². The topological polar surface area (TPSA) is 98.0 Å². The van der Waals surface area contributed by atoms with E-state index >= 15 is 0 Å². The Morgan fingerprint density at radius 2 is 2.17 bits per heavy atom. The molecule has 2 N–H and O–H groups in total. The lowest BCUT2D eigenvalue weighted by atomic mass is 9.93. The second-order valence-corrected chi connectivity index (χ2v) is 7.42.